The second-order valence-corrected chi connectivity index (χ2v) is 5.76. The molecule has 4 heteroatoms. The van der Waals surface area contributed by atoms with E-state index in [1.54, 1.807) is 0 Å². The van der Waals surface area contributed by atoms with Gasteiger partial charge in [-0.1, -0.05) is 6.42 Å². The number of hydrogen-bond donors (Lipinski definition) is 2. The van der Waals surface area contributed by atoms with Crippen molar-refractivity contribution in [3.63, 3.8) is 0 Å². The normalized spacial score (nSPS) is 34.1. The molecule has 17 heavy (non-hydrogen) atoms. The first-order valence-corrected chi connectivity index (χ1v) is 6.73. The lowest BCUT2D eigenvalue weighted by atomic mass is 9.97. The molecular weight excluding hydrogens is 218 g/mol. The number of aliphatic hydroxyl groups excluding tert-OH is 1. The summed E-state index contributed by atoms with van der Waals surface area (Å²) >= 11 is 0. The summed E-state index contributed by atoms with van der Waals surface area (Å²) in [6.45, 7) is 6.62. The van der Waals surface area contributed by atoms with E-state index in [4.69, 9.17) is 9.47 Å². The molecule has 1 saturated heterocycles. The molecule has 0 amide bonds. The minimum absolute atomic E-state index is 0.294. The Balaban J connectivity index is 1.69. The summed E-state index contributed by atoms with van der Waals surface area (Å²) in [5.74, 6) is 0.679. The van der Waals surface area contributed by atoms with Gasteiger partial charge in [0.1, 0.15) is 0 Å². The van der Waals surface area contributed by atoms with E-state index >= 15 is 0 Å². The molecule has 1 aliphatic heterocycles. The third-order valence-electron chi connectivity index (χ3n) is 3.98. The first kappa shape index (κ1) is 13.3. The van der Waals surface area contributed by atoms with Gasteiger partial charge in [-0.15, -0.1) is 0 Å². The van der Waals surface area contributed by atoms with Crippen molar-refractivity contribution in [2.45, 2.75) is 44.9 Å². The molecule has 1 heterocycles. The fourth-order valence-electron chi connectivity index (χ4n) is 2.75. The van der Waals surface area contributed by atoms with Crippen molar-refractivity contribution in [3.8, 4) is 0 Å². The molecule has 0 spiro atoms. The molecule has 2 unspecified atom stereocenters. The van der Waals surface area contributed by atoms with Crippen molar-refractivity contribution in [2.24, 2.45) is 11.8 Å². The van der Waals surface area contributed by atoms with Gasteiger partial charge in [0, 0.05) is 6.61 Å². The van der Waals surface area contributed by atoms with Crippen molar-refractivity contribution < 1.29 is 14.6 Å². The van der Waals surface area contributed by atoms with Crippen LogP contribution in [0.3, 0.4) is 0 Å². The number of ether oxygens (including phenoxy) is 2. The standard InChI is InChI=1S/C13H25NO3/c1-13(2)16-8-12(9-17-13)14-6-10-4-3-5-11(10)7-15/h10-12,14-15H,3-9H2,1-2H3. The van der Waals surface area contributed by atoms with E-state index in [-0.39, 0.29) is 0 Å². The Morgan fingerprint density at radius 3 is 2.47 bits per heavy atom. The maximum absolute atomic E-state index is 9.26. The van der Waals surface area contributed by atoms with Crippen LogP contribution in [0.4, 0.5) is 0 Å². The van der Waals surface area contributed by atoms with E-state index in [9.17, 15) is 5.11 Å². The zero-order chi connectivity index (χ0) is 12.3. The molecule has 0 aromatic carbocycles. The Morgan fingerprint density at radius 1 is 1.18 bits per heavy atom. The molecule has 0 bridgehead atoms. The van der Waals surface area contributed by atoms with Crippen LogP contribution in [0.25, 0.3) is 0 Å². The van der Waals surface area contributed by atoms with Gasteiger partial charge in [-0.2, -0.15) is 0 Å². The summed E-state index contributed by atoms with van der Waals surface area (Å²) in [5, 5.41) is 12.8. The molecule has 0 aromatic rings. The lowest BCUT2D eigenvalue weighted by molar-refractivity contribution is -0.253. The van der Waals surface area contributed by atoms with Crippen LogP contribution >= 0.6 is 0 Å². The van der Waals surface area contributed by atoms with Gasteiger partial charge >= 0.3 is 0 Å². The van der Waals surface area contributed by atoms with Gasteiger partial charge in [0.05, 0.1) is 19.3 Å². The minimum atomic E-state index is -0.431. The van der Waals surface area contributed by atoms with Crippen molar-refractivity contribution in [3.05, 3.63) is 0 Å². The minimum Gasteiger partial charge on any atom is -0.396 e. The van der Waals surface area contributed by atoms with E-state index in [2.05, 4.69) is 5.32 Å². The van der Waals surface area contributed by atoms with Crippen LogP contribution in [0.5, 0.6) is 0 Å². The Hall–Kier alpha value is -0.160. The predicted molar refractivity (Wildman–Crippen MR) is 65.7 cm³/mol. The molecule has 2 atom stereocenters. The largest absolute Gasteiger partial charge is 0.396 e. The van der Waals surface area contributed by atoms with Crippen molar-refractivity contribution in [1.82, 2.24) is 5.32 Å². The molecule has 0 aromatic heterocycles. The molecule has 4 nitrogen and oxygen atoms in total. The van der Waals surface area contributed by atoms with Crippen molar-refractivity contribution in [2.75, 3.05) is 26.4 Å². The summed E-state index contributed by atoms with van der Waals surface area (Å²) in [6.07, 6.45) is 3.66. The van der Waals surface area contributed by atoms with Gasteiger partial charge in [-0.05, 0) is 45.1 Å². The van der Waals surface area contributed by atoms with Crippen LogP contribution in [-0.2, 0) is 9.47 Å². The number of aliphatic hydroxyl groups is 1. The Morgan fingerprint density at radius 2 is 1.82 bits per heavy atom. The predicted octanol–water partition coefficient (Wildman–Crippen LogP) is 1.14. The van der Waals surface area contributed by atoms with Gasteiger partial charge in [-0.25, -0.2) is 0 Å². The third-order valence-corrected chi connectivity index (χ3v) is 3.98. The van der Waals surface area contributed by atoms with Gasteiger partial charge in [0.25, 0.3) is 0 Å². The fraction of sp³-hybridized carbons (Fsp3) is 1.00. The van der Waals surface area contributed by atoms with E-state index in [1.165, 1.54) is 19.3 Å². The number of rotatable bonds is 4. The van der Waals surface area contributed by atoms with Crippen LogP contribution < -0.4 is 5.32 Å². The lowest BCUT2D eigenvalue weighted by Crippen LogP contribution is -2.49. The van der Waals surface area contributed by atoms with Gasteiger partial charge in [-0.3, -0.25) is 0 Å². The third kappa shape index (κ3) is 3.65. The van der Waals surface area contributed by atoms with Crippen LogP contribution in [0.15, 0.2) is 0 Å². The number of nitrogens with one attached hydrogen (secondary N) is 1. The van der Waals surface area contributed by atoms with Crippen molar-refractivity contribution >= 4 is 0 Å². The van der Waals surface area contributed by atoms with Gasteiger partial charge in [0.2, 0.25) is 0 Å². The number of hydrogen-bond acceptors (Lipinski definition) is 4. The second-order valence-electron chi connectivity index (χ2n) is 5.76. The highest BCUT2D eigenvalue weighted by Gasteiger charge is 2.30. The summed E-state index contributed by atoms with van der Waals surface area (Å²) in [7, 11) is 0. The highest BCUT2D eigenvalue weighted by atomic mass is 16.7. The average Bonchev–Trinajstić information content (AvgIpc) is 2.75. The Labute approximate surface area is 104 Å². The molecule has 2 aliphatic rings. The first-order chi connectivity index (χ1) is 8.11. The molecule has 2 rings (SSSR count). The highest BCUT2D eigenvalue weighted by molar-refractivity contribution is 4.81. The maximum Gasteiger partial charge on any atom is 0.162 e. The molecule has 1 aliphatic carbocycles. The van der Waals surface area contributed by atoms with Gasteiger partial charge in [0.15, 0.2) is 5.79 Å². The molecule has 1 saturated carbocycles. The zero-order valence-corrected chi connectivity index (χ0v) is 10.9. The Bertz CT molecular complexity index is 235. The second kappa shape index (κ2) is 5.65. The fourth-order valence-corrected chi connectivity index (χ4v) is 2.75. The lowest BCUT2D eigenvalue weighted by Gasteiger charge is -2.36. The zero-order valence-electron chi connectivity index (χ0n) is 10.9. The summed E-state index contributed by atoms with van der Waals surface area (Å²) in [6, 6.07) is 0.294. The van der Waals surface area contributed by atoms with Crippen LogP contribution in [-0.4, -0.2) is 43.3 Å². The van der Waals surface area contributed by atoms with E-state index in [0.717, 1.165) is 6.54 Å². The van der Waals surface area contributed by atoms with Crippen LogP contribution in [0, 0.1) is 11.8 Å². The van der Waals surface area contributed by atoms with Crippen LogP contribution in [0.2, 0.25) is 0 Å². The first-order valence-electron chi connectivity index (χ1n) is 6.73. The quantitative estimate of drug-likeness (QED) is 0.777. The summed E-state index contributed by atoms with van der Waals surface area (Å²) < 4.78 is 11.2. The molecule has 2 N–H and O–H groups in total. The SMILES string of the molecule is CC1(C)OCC(NCC2CCCC2CO)CO1. The molecule has 0 radical (unpaired) electrons. The molecule has 2 fully saturated rings. The van der Waals surface area contributed by atoms with E-state index in [1.807, 2.05) is 13.8 Å². The topological polar surface area (TPSA) is 50.7 Å². The molecular formula is C13H25NO3. The van der Waals surface area contributed by atoms with E-state index < -0.39 is 5.79 Å². The summed E-state index contributed by atoms with van der Waals surface area (Å²) in [4.78, 5) is 0. The highest BCUT2D eigenvalue weighted by Crippen LogP contribution is 2.30. The van der Waals surface area contributed by atoms with Crippen LogP contribution in [0.1, 0.15) is 33.1 Å². The monoisotopic (exact) mass is 243 g/mol. The van der Waals surface area contributed by atoms with Crippen molar-refractivity contribution in [1.29, 1.82) is 0 Å². The maximum atomic E-state index is 9.26. The Kier molecular flexibility index (Phi) is 4.42. The molecule has 100 valence electrons. The average molecular weight is 243 g/mol. The summed E-state index contributed by atoms with van der Waals surface area (Å²) in [5.41, 5.74) is 0. The smallest absolute Gasteiger partial charge is 0.162 e. The van der Waals surface area contributed by atoms with E-state index in [0.29, 0.717) is 37.7 Å². The van der Waals surface area contributed by atoms with Gasteiger partial charge < -0.3 is 19.9 Å².